The zero-order valence-corrected chi connectivity index (χ0v) is 17.6. The molecule has 0 radical (unpaired) electrons. The maximum Gasteiger partial charge on any atom is 0.293 e. The molecular weight excluding hydrogens is 429 g/mol. The summed E-state index contributed by atoms with van der Waals surface area (Å²) in [7, 11) is 0. The molecule has 4 rings (SSSR count). The molecule has 2 heterocycles. The molecule has 1 aliphatic heterocycles. The molecule has 0 N–H and O–H groups in total. The molecule has 0 bridgehead atoms. The van der Waals surface area contributed by atoms with Gasteiger partial charge in [0.1, 0.15) is 11.5 Å². The van der Waals surface area contributed by atoms with Gasteiger partial charge in [-0.1, -0.05) is 53.0 Å². The van der Waals surface area contributed by atoms with E-state index in [1.54, 1.807) is 36.4 Å². The van der Waals surface area contributed by atoms with Crippen LogP contribution in [0.4, 0.5) is 4.79 Å². The number of hydrogen-bond acceptors (Lipinski definition) is 4. The van der Waals surface area contributed by atoms with E-state index in [1.807, 2.05) is 31.2 Å². The Hall–Kier alpha value is -2.47. The van der Waals surface area contributed by atoms with Crippen LogP contribution in [0.5, 0.6) is 0 Å². The average Bonchev–Trinajstić information content (AvgIpc) is 3.24. The highest BCUT2D eigenvalue weighted by atomic mass is 35.5. The molecule has 4 nitrogen and oxygen atoms in total. The number of halogens is 2. The van der Waals surface area contributed by atoms with Gasteiger partial charge in [0.2, 0.25) is 0 Å². The topological polar surface area (TPSA) is 50.5 Å². The lowest BCUT2D eigenvalue weighted by molar-refractivity contribution is -0.123. The number of hydrogen-bond donors (Lipinski definition) is 0. The summed E-state index contributed by atoms with van der Waals surface area (Å²) in [6.45, 7) is 2.23. The predicted octanol–water partition coefficient (Wildman–Crippen LogP) is 6.80. The fourth-order valence-corrected chi connectivity index (χ4v) is 4.23. The second kappa shape index (κ2) is 8.11. The minimum atomic E-state index is -0.331. The van der Waals surface area contributed by atoms with Crippen LogP contribution in [-0.4, -0.2) is 16.0 Å². The van der Waals surface area contributed by atoms with Gasteiger partial charge in [0.25, 0.3) is 11.1 Å². The van der Waals surface area contributed by atoms with Crippen molar-refractivity contribution in [1.29, 1.82) is 0 Å². The lowest BCUT2D eigenvalue weighted by Gasteiger charge is -2.12. The molecule has 146 valence electrons. The van der Waals surface area contributed by atoms with E-state index in [-0.39, 0.29) is 17.7 Å². The van der Waals surface area contributed by atoms with E-state index in [2.05, 4.69) is 0 Å². The first kappa shape index (κ1) is 19.8. The molecule has 3 aromatic rings. The molecule has 7 heteroatoms. The molecule has 1 saturated heterocycles. The van der Waals surface area contributed by atoms with E-state index < -0.39 is 0 Å². The van der Waals surface area contributed by atoms with Crippen LogP contribution < -0.4 is 0 Å². The number of carbonyl (C=O) groups excluding carboxylic acids is 2. The Kier molecular flexibility index (Phi) is 5.54. The highest BCUT2D eigenvalue weighted by molar-refractivity contribution is 8.18. The highest BCUT2D eigenvalue weighted by Crippen LogP contribution is 2.35. The highest BCUT2D eigenvalue weighted by Gasteiger charge is 2.35. The average molecular weight is 444 g/mol. The van der Waals surface area contributed by atoms with Crippen molar-refractivity contribution >= 4 is 52.2 Å². The Bertz CT molecular complexity index is 1140. The van der Waals surface area contributed by atoms with Crippen LogP contribution in [-0.2, 0) is 11.3 Å². The van der Waals surface area contributed by atoms with Gasteiger partial charge < -0.3 is 4.42 Å². The van der Waals surface area contributed by atoms with Gasteiger partial charge >= 0.3 is 0 Å². The summed E-state index contributed by atoms with van der Waals surface area (Å²) in [6, 6.07) is 16.4. The lowest BCUT2D eigenvalue weighted by Crippen LogP contribution is -2.27. The number of imide groups is 1. The first-order valence-electron chi connectivity index (χ1n) is 8.77. The van der Waals surface area contributed by atoms with Gasteiger partial charge in [0, 0.05) is 16.7 Å². The van der Waals surface area contributed by atoms with E-state index in [4.69, 9.17) is 27.6 Å². The van der Waals surface area contributed by atoms with Crippen LogP contribution in [0.3, 0.4) is 0 Å². The minimum Gasteiger partial charge on any atom is -0.457 e. The van der Waals surface area contributed by atoms with Crippen LogP contribution in [0.2, 0.25) is 10.0 Å². The van der Waals surface area contributed by atoms with Crippen molar-refractivity contribution in [2.24, 2.45) is 0 Å². The van der Waals surface area contributed by atoms with Crippen molar-refractivity contribution in [1.82, 2.24) is 4.90 Å². The summed E-state index contributed by atoms with van der Waals surface area (Å²) in [5.41, 5.74) is 2.72. The Labute approximate surface area is 182 Å². The third-order valence-corrected chi connectivity index (χ3v) is 5.89. The molecule has 2 aromatic carbocycles. The van der Waals surface area contributed by atoms with Gasteiger partial charge in [-0.2, -0.15) is 0 Å². The standard InChI is InChI=1S/C22H15Cl2NO3S/c1-13-2-4-14(5-3-13)12-25-21(26)20(29-22(25)27)11-16-7-9-19(28-16)17-8-6-15(23)10-18(17)24/h2-11H,12H2,1H3/b20-11-. The fourth-order valence-electron chi connectivity index (χ4n) is 2.91. The van der Waals surface area contributed by atoms with E-state index in [1.165, 1.54) is 4.90 Å². The molecule has 1 fully saturated rings. The van der Waals surface area contributed by atoms with E-state index in [9.17, 15) is 9.59 Å². The zero-order valence-electron chi connectivity index (χ0n) is 15.3. The Balaban J connectivity index is 1.54. The number of nitrogens with zero attached hydrogens (tertiary/aromatic N) is 1. The number of benzene rings is 2. The summed E-state index contributed by atoms with van der Waals surface area (Å²) in [4.78, 5) is 26.6. The summed E-state index contributed by atoms with van der Waals surface area (Å²) < 4.78 is 5.80. The molecular formula is C22H15Cl2NO3S. The maximum absolute atomic E-state index is 12.7. The van der Waals surface area contributed by atoms with Crippen molar-refractivity contribution in [3.8, 4) is 11.3 Å². The van der Waals surface area contributed by atoms with Crippen LogP contribution >= 0.6 is 35.0 Å². The predicted molar refractivity (Wildman–Crippen MR) is 117 cm³/mol. The third kappa shape index (κ3) is 4.27. The minimum absolute atomic E-state index is 0.242. The molecule has 0 spiro atoms. The molecule has 1 aliphatic rings. The van der Waals surface area contributed by atoms with Crippen molar-refractivity contribution in [3.05, 3.63) is 86.4 Å². The number of furan rings is 1. The van der Waals surface area contributed by atoms with Gasteiger partial charge in [-0.25, -0.2) is 0 Å². The number of amides is 2. The normalized spacial score (nSPS) is 15.6. The number of rotatable bonds is 4. The first-order chi connectivity index (χ1) is 13.9. The van der Waals surface area contributed by atoms with E-state index >= 15 is 0 Å². The van der Waals surface area contributed by atoms with Gasteiger partial charge in [-0.15, -0.1) is 0 Å². The van der Waals surface area contributed by atoms with Gasteiger partial charge in [-0.3, -0.25) is 14.5 Å². The summed E-state index contributed by atoms with van der Waals surface area (Å²) in [6.07, 6.45) is 1.58. The molecule has 0 saturated carbocycles. The summed E-state index contributed by atoms with van der Waals surface area (Å²) in [5.74, 6) is 0.687. The molecule has 29 heavy (non-hydrogen) atoms. The second-order valence-corrected chi connectivity index (χ2v) is 8.42. The monoisotopic (exact) mass is 443 g/mol. The molecule has 0 unspecified atom stereocenters. The van der Waals surface area contributed by atoms with E-state index in [0.717, 1.165) is 22.9 Å². The smallest absolute Gasteiger partial charge is 0.293 e. The Morgan fingerprint density at radius 3 is 2.52 bits per heavy atom. The number of thioether (sulfide) groups is 1. The number of carbonyl (C=O) groups is 2. The van der Waals surface area contributed by atoms with Crippen molar-refractivity contribution in [3.63, 3.8) is 0 Å². The quantitative estimate of drug-likeness (QED) is 0.416. The Morgan fingerprint density at radius 1 is 1.03 bits per heavy atom. The first-order valence-corrected chi connectivity index (χ1v) is 10.3. The van der Waals surface area contributed by atoms with Crippen LogP contribution in [0.25, 0.3) is 17.4 Å². The molecule has 2 amide bonds. The number of aryl methyl sites for hydroxylation is 1. The molecule has 1 aromatic heterocycles. The van der Waals surface area contributed by atoms with Crippen molar-refractivity contribution in [2.45, 2.75) is 13.5 Å². The fraction of sp³-hybridized carbons (Fsp3) is 0.0909. The molecule has 0 atom stereocenters. The van der Waals surface area contributed by atoms with Crippen LogP contribution in [0, 0.1) is 6.92 Å². The summed E-state index contributed by atoms with van der Waals surface area (Å²) in [5, 5.41) is 0.707. The lowest BCUT2D eigenvalue weighted by atomic mass is 10.1. The van der Waals surface area contributed by atoms with Crippen LogP contribution in [0.1, 0.15) is 16.9 Å². The molecule has 0 aliphatic carbocycles. The van der Waals surface area contributed by atoms with Gasteiger partial charge in [-0.05, 0) is 54.6 Å². The van der Waals surface area contributed by atoms with Crippen molar-refractivity contribution < 1.29 is 14.0 Å². The van der Waals surface area contributed by atoms with Gasteiger partial charge in [0.15, 0.2) is 0 Å². The zero-order chi connectivity index (χ0) is 20.5. The maximum atomic E-state index is 12.7. The van der Waals surface area contributed by atoms with Crippen LogP contribution in [0.15, 0.2) is 63.9 Å². The van der Waals surface area contributed by atoms with Crippen molar-refractivity contribution in [2.75, 3.05) is 0 Å². The largest absolute Gasteiger partial charge is 0.457 e. The van der Waals surface area contributed by atoms with Gasteiger partial charge in [0.05, 0.1) is 16.5 Å². The Morgan fingerprint density at radius 2 is 1.79 bits per heavy atom. The third-order valence-electron chi connectivity index (χ3n) is 4.43. The SMILES string of the molecule is Cc1ccc(CN2C(=O)S/C(=C\c3ccc(-c4ccc(Cl)cc4Cl)o3)C2=O)cc1. The summed E-state index contributed by atoms with van der Waals surface area (Å²) >= 11 is 13.1. The second-order valence-electron chi connectivity index (χ2n) is 6.58. The van der Waals surface area contributed by atoms with E-state index in [0.29, 0.717) is 32.0 Å².